The average Bonchev–Trinajstić information content (AvgIpc) is 2.73. The second-order valence-electron chi connectivity index (χ2n) is 6.54. The number of ether oxygens (including phenoxy) is 1. The SMILES string of the molecule is CC(CN)NC1C2CN(C(=O)OC(C)(C)C)CC21. The number of rotatable bonds is 3. The lowest BCUT2D eigenvalue weighted by atomic mass is 10.2. The van der Waals surface area contributed by atoms with Crippen molar-refractivity contribution >= 4 is 6.09 Å². The van der Waals surface area contributed by atoms with Gasteiger partial charge in [-0.05, 0) is 39.5 Å². The molecule has 5 nitrogen and oxygen atoms in total. The molecule has 1 aliphatic heterocycles. The van der Waals surface area contributed by atoms with Gasteiger partial charge in [-0.15, -0.1) is 0 Å². The van der Waals surface area contributed by atoms with E-state index in [-0.39, 0.29) is 6.09 Å². The second kappa shape index (κ2) is 4.70. The Morgan fingerprint density at radius 2 is 2.00 bits per heavy atom. The van der Waals surface area contributed by atoms with Gasteiger partial charge in [0.05, 0.1) is 0 Å². The highest BCUT2D eigenvalue weighted by atomic mass is 16.6. The summed E-state index contributed by atoms with van der Waals surface area (Å²) < 4.78 is 5.37. The molecule has 2 aliphatic rings. The summed E-state index contributed by atoms with van der Waals surface area (Å²) in [5.74, 6) is 1.18. The van der Waals surface area contributed by atoms with E-state index in [4.69, 9.17) is 10.5 Å². The molecule has 18 heavy (non-hydrogen) atoms. The number of fused-ring (bicyclic) bond motifs is 1. The molecule has 2 rings (SSSR count). The van der Waals surface area contributed by atoms with Crippen LogP contribution in [0.4, 0.5) is 4.79 Å². The molecule has 0 aromatic heterocycles. The highest BCUT2D eigenvalue weighted by Crippen LogP contribution is 2.45. The average molecular weight is 255 g/mol. The van der Waals surface area contributed by atoms with E-state index in [0.717, 1.165) is 13.1 Å². The van der Waals surface area contributed by atoms with E-state index < -0.39 is 5.60 Å². The number of hydrogen-bond donors (Lipinski definition) is 2. The van der Waals surface area contributed by atoms with Crippen molar-refractivity contribution in [2.45, 2.75) is 45.4 Å². The van der Waals surface area contributed by atoms with Gasteiger partial charge in [-0.2, -0.15) is 0 Å². The lowest BCUT2D eigenvalue weighted by molar-refractivity contribution is 0.0269. The van der Waals surface area contributed by atoms with Gasteiger partial charge in [-0.3, -0.25) is 0 Å². The molecule has 3 unspecified atom stereocenters. The molecule has 1 aliphatic carbocycles. The Labute approximate surface area is 109 Å². The van der Waals surface area contributed by atoms with E-state index in [9.17, 15) is 4.79 Å². The number of likely N-dealkylation sites (tertiary alicyclic amines) is 1. The van der Waals surface area contributed by atoms with Gasteiger partial charge in [0.1, 0.15) is 5.60 Å². The van der Waals surface area contributed by atoms with Crippen molar-refractivity contribution in [2.75, 3.05) is 19.6 Å². The van der Waals surface area contributed by atoms with Gasteiger partial charge in [0.2, 0.25) is 0 Å². The largest absolute Gasteiger partial charge is 0.444 e. The van der Waals surface area contributed by atoms with Crippen molar-refractivity contribution in [3.8, 4) is 0 Å². The Morgan fingerprint density at radius 3 is 2.44 bits per heavy atom. The smallest absolute Gasteiger partial charge is 0.410 e. The third-order valence-corrected chi connectivity index (χ3v) is 3.68. The first-order valence-electron chi connectivity index (χ1n) is 6.76. The Balaban J connectivity index is 1.76. The summed E-state index contributed by atoms with van der Waals surface area (Å²) >= 11 is 0. The van der Waals surface area contributed by atoms with E-state index in [1.165, 1.54) is 0 Å². The first-order chi connectivity index (χ1) is 8.31. The highest BCUT2D eigenvalue weighted by Gasteiger charge is 2.57. The van der Waals surface area contributed by atoms with Crippen molar-refractivity contribution in [1.29, 1.82) is 0 Å². The van der Waals surface area contributed by atoms with E-state index in [1.54, 1.807) is 0 Å². The first kappa shape index (κ1) is 13.6. The molecule has 1 amide bonds. The standard InChI is InChI=1S/C13H25N3O2/c1-8(5-14)15-11-9-6-16(7-10(9)11)12(17)18-13(2,3)4/h8-11,15H,5-7,14H2,1-4H3. The maximum Gasteiger partial charge on any atom is 0.410 e. The number of carbonyl (C=O) groups excluding carboxylic acids is 1. The van der Waals surface area contributed by atoms with Gasteiger partial charge in [0.15, 0.2) is 0 Å². The summed E-state index contributed by atoms with van der Waals surface area (Å²) in [5.41, 5.74) is 5.19. The lowest BCUT2D eigenvalue weighted by Crippen LogP contribution is -2.42. The van der Waals surface area contributed by atoms with Crippen LogP contribution in [0, 0.1) is 11.8 Å². The van der Waals surface area contributed by atoms with Crippen LogP contribution in [0.1, 0.15) is 27.7 Å². The summed E-state index contributed by atoms with van der Waals surface area (Å²) in [6.07, 6.45) is -0.180. The Morgan fingerprint density at radius 1 is 1.44 bits per heavy atom. The van der Waals surface area contributed by atoms with Crippen molar-refractivity contribution in [3.05, 3.63) is 0 Å². The van der Waals surface area contributed by atoms with Crippen LogP contribution in [-0.4, -0.2) is 48.3 Å². The van der Waals surface area contributed by atoms with Crippen LogP contribution >= 0.6 is 0 Å². The fourth-order valence-electron chi connectivity index (χ4n) is 2.65. The molecule has 1 saturated carbocycles. The minimum absolute atomic E-state index is 0.180. The zero-order valence-corrected chi connectivity index (χ0v) is 11.8. The molecule has 0 radical (unpaired) electrons. The number of carbonyl (C=O) groups is 1. The van der Waals surface area contributed by atoms with Gasteiger partial charge in [0.25, 0.3) is 0 Å². The molecule has 0 aromatic rings. The molecular formula is C13H25N3O2. The molecule has 3 atom stereocenters. The van der Waals surface area contributed by atoms with E-state index in [0.29, 0.717) is 30.5 Å². The molecule has 0 bridgehead atoms. The van der Waals surface area contributed by atoms with E-state index in [2.05, 4.69) is 12.2 Å². The predicted molar refractivity (Wildman–Crippen MR) is 70.2 cm³/mol. The van der Waals surface area contributed by atoms with Gasteiger partial charge in [-0.1, -0.05) is 0 Å². The number of nitrogens with zero attached hydrogens (tertiary/aromatic N) is 1. The van der Waals surface area contributed by atoms with Gasteiger partial charge < -0.3 is 20.7 Å². The van der Waals surface area contributed by atoms with Crippen LogP contribution < -0.4 is 11.1 Å². The van der Waals surface area contributed by atoms with Crippen LogP contribution in [-0.2, 0) is 4.74 Å². The van der Waals surface area contributed by atoms with Crippen molar-refractivity contribution in [1.82, 2.24) is 10.2 Å². The molecule has 0 aromatic carbocycles. The number of nitrogens with one attached hydrogen (secondary N) is 1. The van der Waals surface area contributed by atoms with Crippen molar-refractivity contribution in [3.63, 3.8) is 0 Å². The van der Waals surface area contributed by atoms with Crippen LogP contribution in [0.25, 0.3) is 0 Å². The number of hydrogen-bond acceptors (Lipinski definition) is 4. The Hall–Kier alpha value is -0.810. The second-order valence-corrected chi connectivity index (χ2v) is 6.54. The van der Waals surface area contributed by atoms with E-state index in [1.807, 2.05) is 25.7 Å². The molecule has 1 heterocycles. The Kier molecular flexibility index (Phi) is 3.56. The minimum Gasteiger partial charge on any atom is -0.444 e. The fourth-order valence-corrected chi connectivity index (χ4v) is 2.65. The molecule has 5 heteroatoms. The third kappa shape index (κ3) is 2.95. The molecule has 0 spiro atoms. The molecule has 2 fully saturated rings. The van der Waals surface area contributed by atoms with Crippen LogP contribution in [0.5, 0.6) is 0 Å². The summed E-state index contributed by atoms with van der Waals surface area (Å²) in [6.45, 7) is 10.1. The lowest BCUT2D eigenvalue weighted by Gasteiger charge is -2.26. The molecule has 104 valence electrons. The Bertz CT molecular complexity index is 315. The van der Waals surface area contributed by atoms with Gasteiger partial charge in [0, 0.05) is 31.7 Å². The normalized spacial score (nSPS) is 32.1. The van der Waals surface area contributed by atoms with Crippen LogP contribution in [0.3, 0.4) is 0 Å². The minimum atomic E-state index is -0.407. The summed E-state index contributed by atoms with van der Waals surface area (Å²) in [7, 11) is 0. The number of amides is 1. The van der Waals surface area contributed by atoms with E-state index >= 15 is 0 Å². The molecule has 3 N–H and O–H groups in total. The summed E-state index contributed by atoms with van der Waals surface area (Å²) in [5, 5.41) is 3.51. The molecular weight excluding hydrogens is 230 g/mol. The quantitative estimate of drug-likeness (QED) is 0.782. The summed E-state index contributed by atoms with van der Waals surface area (Å²) in [4.78, 5) is 13.7. The van der Waals surface area contributed by atoms with Crippen molar-refractivity contribution < 1.29 is 9.53 Å². The zero-order valence-electron chi connectivity index (χ0n) is 11.8. The number of piperidine rings is 1. The zero-order chi connectivity index (χ0) is 13.5. The topological polar surface area (TPSA) is 67.6 Å². The maximum absolute atomic E-state index is 11.9. The molecule has 1 saturated heterocycles. The maximum atomic E-state index is 11.9. The predicted octanol–water partition coefficient (Wildman–Crippen LogP) is 0.789. The number of nitrogens with two attached hydrogens (primary N) is 1. The fraction of sp³-hybridized carbons (Fsp3) is 0.923. The van der Waals surface area contributed by atoms with Crippen LogP contribution in [0.15, 0.2) is 0 Å². The van der Waals surface area contributed by atoms with Crippen molar-refractivity contribution in [2.24, 2.45) is 17.6 Å². The summed E-state index contributed by atoms with van der Waals surface area (Å²) in [6, 6.07) is 0.901. The van der Waals surface area contributed by atoms with Gasteiger partial charge >= 0.3 is 6.09 Å². The monoisotopic (exact) mass is 255 g/mol. The highest BCUT2D eigenvalue weighted by molar-refractivity contribution is 5.69. The van der Waals surface area contributed by atoms with Gasteiger partial charge in [-0.25, -0.2) is 4.79 Å². The first-order valence-corrected chi connectivity index (χ1v) is 6.76. The third-order valence-electron chi connectivity index (χ3n) is 3.68. The van der Waals surface area contributed by atoms with Crippen LogP contribution in [0.2, 0.25) is 0 Å².